The molecule has 1 rings (SSSR count). The van der Waals surface area contributed by atoms with Crippen molar-refractivity contribution in [1.29, 1.82) is 0 Å². The first kappa shape index (κ1) is 15.0. The molecule has 4 nitrogen and oxygen atoms in total. The molecule has 2 atom stereocenters. The zero-order valence-corrected chi connectivity index (χ0v) is 10.5. The molecule has 0 fully saturated rings. The molecular weight excluding hydrogens is 230 g/mol. The van der Waals surface area contributed by atoms with E-state index in [0.29, 0.717) is 17.1 Å². The number of nitrogens with two attached hydrogens (primary N) is 1. The highest BCUT2D eigenvalue weighted by molar-refractivity contribution is 5.85. The van der Waals surface area contributed by atoms with Crippen LogP contribution >= 0.6 is 12.4 Å². The van der Waals surface area contributed by atoms with Gasteiger partial charge in [-0.2, -0.15) is 0 Å². The van der Waals surface area contributed by atoms with E-state index >= 15 is 0 Å². The summed E-state index contributed by atoms with van der Waals surface area (Å²) in [5, 5.41) is 9.48. The molecule has 0 saturated carbocycles. The molecule has 0 aliphatic rings. The van der Waals surface area contributed by atoms with Gasteiger partial charge in [0.2, 0.25) is 0 Å². The number of halogens is 1. The van der Waals surface area contributed by atoms with Crippen LogP contribution in [0.15, 0.2) is 18.2 Å². The minimum Gasteiger partial charge on any atom is -0.496 e. The van der Waals surface area contributed by atoms with Gasteiger partial charge in [0.1, 0.15) is 11.5 Å². The summed E-state index contributed by atoms with van der Waals surface area (Å²) in [5.74, 6) is 1.26. The minimum atomic E-state index is -0.657. The zero-order chi connectivity index (χ0) is 11.4. The van der Waals surface area contributed by atoms with Crippen LogP contribution in [0.4, 0.5) is 0 Å². The molecule has 1 aromatic rings. The van der Waals surface area contributed by atoms with Gasteiger partial charge in [-0.15, -0.1) is 12.4 Å². The average Bonchev–Trinajstić information content (AvgIpc) is 2.26. The van der Waals surface area contributed by atoms with Crippen LogP contribution in [0.3, 0.4) is 0 Å². The van der Waals surface area contributed by atoms with Crippen LogP contribution in [-0.4, -0.2) is 25.4 Å². The molecule has 1 aromatic carbocycles. The fraction of sp³-hybridized carbons (Fsp3) is 0.455. The number of ether oxygens (including phenoxy) is 2. The highest BCUT2D eigenvalue weighted by atomic mass is 35.5. The SMILES string of the molecule is COc1cccc(OC)c1[C@@H](N)[C@H](C)O.Cl. The van der Waals surface area contributed by atoms with E-state index in [1.807, 2.05) is 6.07 Å². The first-order chi connectivity index (χ1) is 7.11. The molecule has 0 aliphatic carbocycles. The predicted molar refractivity (Wildman–Crippen MR) is 65.4 cm³/mol. The summed E-state index contributed by atoms with van der Waals surface area (Å²) < 4.78 is 10.4. The smallest absolute Gasteiger partial charge is 0.127 e. The number of hydrogen-bond acceptors (Lipinski definition) is 4. The lowest BCUT2D eigenvalue weighted by atomic mass is 10.0. The Morgan fingerprint density at radius 2 is 1.62 bits per heavy atom. The summed E-state index contributed by atoms with van der Waals surface area (Å²) in [4.78, 5) is 0. The number of rotatable bonds is 4. The van der Waals surface area contributed by atoms with Crippen molar-refractivity contribution < 1.29 is 14.6 Å². The van der Waals surface area contributed by atoms with Crippen LogP contribution in [0.5, 0.6) is 11.5 Å². The van der Waals surface area contributed by atoms with Crippen LogP contribution in [-0.2, 0) is 0 Å². The summed E-state index contributed by atoms with van der Waals surface area (Å²) in [7, 11) is 3.13. The van der Waals surface area contributed by atoms with Gasteiger partial charge in [-0.25, -0.2) is 0 Å². The molecule has 0 unspecified atom stereocenters. The van der Waals surface area contributed by atoms with Crippen molar-refractivity contribution in [3.05, 3.63) is 23.8 Å². The maximum atomic E-state index is 9.48. The molecule has 0 spiro atoms. The number of benzene rings is 1. The Bertz CT molecular complexity index is 309. The lowest BCUT2D eigenvalue weighted by Crippen LogP contribution is -2.24. The van der Waals surface area contributed by atoms with Crippen molar-refractivity contribution in [1.82, 2.24) is 0 Å². The van der Waals surface area contributed by atoms with Gasteiger partial charge in [-0.3, -0.25) is 0 Å². The fourth-order valence-electron chi connectivity index (χ4n) is 1.45. The molecule has 5 heteroatoms. The largest absolute Gasteiger partial charge is 0.496 e. The van der Waals surface area contributed by atoms with Crippen LogP contribution in [0.1, 0.15) is 18.5 Å². The second-order valence-electron chi connectivity index (χ2n) is 3.34. The summed E-state index contributed by atoms with van der Waals surface area (Å²) in [6.07, 6.45) is -0.657. The Balaban J connectivity index is 0.00000225. The number of methoxy groups -OCH3 is 2. The normalized spacial score (nSPS) is 13.6. The van der Waals surface area contributed by atoms with E-state index in [2.05, 4.69) is 0 Å². The summed E-state index contributed by atoms with van der Waals surface area (Å²) in [6, 6.07) is 4.88. The molecule has 3 N–H and O–H groups in total. The van der Waals surface area contributed by atoms with Crippen LogP contribution in [0, 0.1) is 0 Å². The highest BCUT2D eigenvalue weighted by Gasteiger charge is 2.20. The van der Waals surface area contributed by atoms with E-state index in [1.165, 1.54) is 0 Å². The summed E-state index contributed by atoms with van der Waals surface area (Å²) in [5.41, 5.74) is 6.57. The van der Waals surface area contributed by atoms with Crippen LogP contribution in [0.25, 0.3) is 0 Å². The zero-order valence-electron chi connectivity index (χ0n) is 9.64. The van der Waals surface area contributed by atoms with Gasteiger partial charge in [-0.1, -0.05) is 6.07 Å². The van der Waals surface area contributed by atoms with Gasteiger partial charge < -0.3 is 20.3 Å². The molecule has 0 aromatic heterocycles. The predicted octanol–water partition coefficient (Wildman–Crippen LogP) is 1.51. The van der Waals surface area contributed by atoms with Gasteiger partial charge in [0, 0.05) is 0 Å². The Morgan fingerprint density at radius 3 is 1.94 bits per heavy atom. The van der Waals surface area contributed by atoms with Crippen LogP contribution in [0.2, 0.25) is 0 Å². The van der Waals surface area contributed by atoms with Crippen molar-refractivity contribution >= 4 is 12.4 Å². The average molecular weight is 248 g/mol. The van der Waals surface area contributed by atoms with Crippen molar-refractivity contribution in [2.75, 3.05) is 14.2 Å². The number of aliphatic hydroxyl groups excluding tert-OH is 1. The molecule has 0 bridgehead atoms. The molecular formula is C11H18ClNO3. The van der Waals surface area contributed by atoms with Gasteiger partial charge in [0.05, 0.1) is 31.9 Å². The van der Waals surface area contributed by atoms with E-state index in [9.17, 15) is 5.11 Å². The van der Waals surface area contributed by atoms with Crippen molar-refractivity contribution in [2.45, 2.75) is 19.1 Å². The number of hydrogen-bond donors (Lipinski definition) is 2. The third-order valence-corrected chi connectivity index (χ3v) is 2.32. The van der Waals surface area contributed by atoms with E-state index in [1.54, 1.807) is 33.3 Å². The summed E-state index contributed by atoms with van der Waals surface area (Å²) in [6.45, 7) is 1.64. The highest BCUT2D eigenvalue weighted by Crippen LogP contribution is 2.34. The first-order valence-corrected chi connectivity index (χ1v) is 4.76. The molecule has 16 heavy (non-hydrogen) atoms. The first-order valence-electron chi connectivity index (χ1n) is 4.76. The monoisotopic (exact) mass is 247 g/mol. The van der Waals surface area contributed by atoms with Gasteiger partial charge in [0.25, 0.3) is 0 Å². The fourth-order valence-corrected chi connectivity index (χ4v) is 1.45. The standard InChI is InChI=1S/C11H17NO3.ClH/c1-7(13)11(12)10-8(14-2)5-4-6-9(10)15-3;/h4-7,11,13H,12H2,1-3H3;1H/t7-,11-;/m0./s1. The Morgan fingerprint density at radius 1 is 1.19 bits per heavy atom. The van der Waals surface area contributed by atoms with Crippen molar-refractivity contribution in [3.8, 4) is 11.5 Å². The second kappa shape index (κ2) is 6.58. The van der Waals surface area contributed by atoms with Crippen molar-refractivity contribution in [2.24, 2.45) is 5.73 Å². The molecule has 0 heterocycles. The van der Waals surface area contributed by atoms with Gasteiger partial charge >= 0.3 is 0 Å². The second-order valence-corrected chi connectivity index (χ2v) is 3.34. The van der Waals surface area contributed by atoms with Gasteiger partial charge in [-0.05, 0) is 19.1 Å². The van der Waals surface area contributed by atoms with Crippen molar-refractivity contribution in [3.63, 3.8) is 0 Å². The molecule has 0 saturated heterocycles. The topological polar surface area (TPSA) is 64.7 Å². The Labute approximate surface area is 102 Å². The maximum Gasteiger partial charge on any atom is 0.127 e. The van der Waals surface area contributed by atoms with E-state index in [0.717, 1.165) is 0 Å². The minimum absolute atomic E-state index is 0. The maximum absolute atomic E-state index is 9.48. The van der Waals surface area contributed by atoms with Gasteiger partial charge in [0.15, 0.2) is 0 Å². The van der Waals surface area contributed by atoms with Crippen LogP contribution < -0.4 is 15.2 Å². The Hall–Kier alpha value is -0.970. The van der Waals surface area contributed by atoms with E-state index < -0.39 is 12.1 Å². The van der Waals surface area contributed by atoms with E-state index in [4.69, 9.17) is 15.2 Å². The van der Waals surface area contributed by atoms with E-state index in [-0.39, 0.29) is 12.4 Å². The molecule has 92 valence electrons. The Kier molecular flexibility index (Phi) is 6.18. The lowest BCUT2D eigenvalue weighted by Gasteiger charge is -2.20. The molecule has 0 radical (unpaired) electrons. The molecule has 0 amide bonds. The lowest BCUT2D eigenvalue weighted by molar-refractivity contribution is 0.161. The summed E-state index contributed by atoms with van der Waals surface area (Å²) >= 11 is 0. The quantitative estimate of drug-likeness (QED) is 0.847. The molecule has 0 aliphatic heterocycles. The third kappa shape index (κ3) is 3.01. The third-order valence-electron chi connectivity index (χ3n) is 2.32. The number of aliphatic hydroxyl groups is 1.